The molecule has 0 saturated carbocycles. The fourth-order valence-electron chi connectivity index (χ4n) is 1.70. The molecule has 4 heteroatoms. The lowest BCUT2D eigenvalue weighted by atomic mass is 9.84. The summed E-state index contributed by atoms with van der Waals surface area (Å²) in [7, 11) is 0. The molecule has 1 unspecified atom stereocenters. The van der Waals surface area contributed by atoms with E-state index in [2.05, 4.69) is 6.92 Å². The van der Waals surface area contributed by atoms with Crippen LogP contribution in [0.25, 0.3) is 0 Å². The second-order valence-electron chi connectivity index (χ2n) is 4.10. The molecule has 1 saturated heterocycles. The number of rotatable bonds is 7. The molecule has 0 aliphatic carbocycles. The van der Waals surface area contributed by atoms with Gasteiger partial charge in [-0.05, 0) is 19.3 Å². The van der Waals surface area contributed by atoms with Gasteiger partial charge in [0.1, 0.15) is 0 Å². The summed E-state index contributed by atoms with van der Waals surface area (Å²) in [4.78, 5) is 11.1. The highest BCUT2D eigenvalue weighted by Crippen LogP contribution is 2.32. The van der Waals surface area contributed by atoms with Crippen molar-refractivity contribution >= 4 is 5.97 Å². The first-order valence-corrected chi connectivity index (χ1v) is 5.60. The molecule has 1 heterocycles. The third-order valence-corrected chi connectivity index (χ3v) is 2.92. The van der Waals surface area contributed by atoms with E-state index >= 15 is 0 Å². The molecule has 0 bridgehead atoms. The molecule has 0 aromatic heterocycles. The lowest BCUT2D eigenvalue weighted by Crippen LogP contribution is -2.32. The van der Waals surface area contributed by atoms with E-state index in [1.807, 2.05) is 0 Å². The molecule has 4 nitrogen and oxygen atoms in total. The molecule has 88 valence electrons. The first-order chi connectivity index (χ1) is 7.21. The van der Waals surface area contributed by atoms with Crippen LogP contribution in [-0.4, -0.2) is 37.5 Å². The summed E-state index contributed by atoms with van der Waals surface area (Å²) in [5, 5.41) is 9.13. The second-order valence-corrected chi connectivity index (χ2v) is 4.10. The third-order valence-electron chi connectivity index (χ3n) is 2.92. The van der Waals surface area contributed by atoms with Crippen molar-refractivity contribution in [2.24, 2.45) is 5.41 Å². The Morgan fingerprint density at radius 2 is 2.33 bits per heavy atom. The molecular weight excluding hydrogens is 196 g/mol. The predicted octanol–water partition coefficient (Wildman–Crippen LogP) is 1.68. The summed E-state index contributed by atoms with van der Waals surface area (Å²) < 4.78 is 10.6. The molecule has 1 aliphatic heterocycles. The van der Waals surface area contributed by atoms with Gasteiger partial charge in [-0.2, -0.15) is 0 Å². The molecule has 0 aromatic rings. The van der Waals surface area contributed by atoms with Crippen LogP contribution in [-0.2, 0) is 14.3 Å². The molecule has 0 amide bonds. The molecule has 1 aliphatic rings. The first kappa shape index (κ1) is 12.5. The predicted molar refractivity (Wildman–Crippen MR) is 55.8 cm³/mol. The fraction of sp³-hybridized carbons (Fsp3) is 0.909. The molecule has 1 atom stereocenters. The molecule has 1 fully saturated rings. The maximum atomic E-state index is 11.1. The van der Waals surface area contributed by atoms with Crippen LogP contribution >= 0.6 is 0 Å². The Morgan fingerprint density at radius 1 is 1.53 bits per heavy atom. The highest BCUT2D eigenvalue weighted by Gasteiger charge is 2.41. The van der Waals surface area contributed by atoms with E-state index in [1.165, 1.54) is 0 Å². The van der Waals surface area contributed by atoms with Gasteiger partial charge in [0.05, 0.1) is 12.0 Å². The lowest BCUT2D eigenvalue weighted by molar-refractivity contribution is -0.150. The number of carboxylic acids is 1. The number of hydrogen-bond acceptors (Lipinski definition) is 3. The molecule has 0 spiro atoms. The van der Waals surface area contributed by atoms with Crippen LogP contribution in [0.2, 0.25) is 0 Å². The maximum Gasteiger partial charge on any atom is 0.312 e. The summed E-state index contributed by atoms with van der Waals surface area (Å²) >= 11 is 0. The van der Waals surface area contributed by atoms with E-state index < -0.39 is 11.4 Å². The Morgan fingerprint density at radius 3 is 2.87 bits per heavy atom. The molecule has 1 N–H and O–H groups in total. The zero-order chi connectivity index (χ0) is 11.1. The molecule has 0 radical (unpaired) electrons. The van der Waals surface area contributed by atoms with E-state index in [1.54, 1.807) is 0 Å². The van der Waals surface area contributed by atoms with Gasteiger partial charge in [0, 0.05) is 19.8 Å². The largest absolute Gasteiger partial charge is 0.481 e. The smallest absolute Gasteiger partial charge is 0.312 e. The monoisotopic (exact) mass is 216 g/mol. The Hall–Kier alpha value is -0.610. The van der Waals surface area contributed by atoms with Crippen molar-refractivity contribution in [1.82, 2.24) is 0 Å². The van der Waals surface area contributed by atoms with Gasteiger partial charge in [-0.3, -0.25) is 4.79 Å². The van der Waals surface area contributed by atoms with E-state index in [4.69, 9.17) is 14.6 Å². The summed E-state index contributed by atoms with van der Waals surface area (Å²) in [6.45, 7) is 4.25. The minimum absolute atomic E-state index is 0.333. The Bertz CT molecular complexity index is 197. The van der Waals surface area contributed by atoms with Crippen molar-refractivity contribution in [2.45, 2.75) is 32.6 Å². The van der Waals surface area contributed by atoms with Crippen molar-refractivity contribution in [1.29, 1.82) is 0 Å². The van der Waals surface area contributed by atoms with Crippen molar-refractivity contribution in [2.75, 3.05) is 26.4 Å². The number of unbranched alkanes of at least 4 members (excludes halogenated alkanes) is 1. The van der Waals surface area contributed by atoms with Crippen molar-refractivity contribution in [3.05, 3.63) is 0 Å². The third kappa shape index (κ3) is 3.47. The SMILES string of the molecule is CCCCOCCC1(C(=O)O)CCOC1. The van der Waals surface area contributed by atoms with Gasteiger partial charge < -0.3 is 14.6 Å². The van der Waals surface area contributed by atoms with Crippen LogP contribution in [0.3, 0.4) is 0 Å². The lowest BCUT2D eigenvalue weighted by Gasteiger charge is -2.21. The Balaban J connectivity index is 2.24. The zero-order valence-electron chi connectivity index (χ0n) is 9.33. The van der Waals surface area contributed by atoms with E-state index in [-0.39, 0.29) is 0 Å². The van der Waals surface area contributed by atoms with E-state index in [0.717, 1.165) is 19.4 Å². The number of carbonyl (C=O) groups is 1. The highest BCUT2D eigenvalue weighted by molar-refractivity contribution is 5.75. The van der Waals surface area contributed by atoms with Crippen LogP contribution < -0.4 is 0 Å². The molecular formula is C11H20O4. The minimum Gasteiger partial charge on any atom is -0.481 e. The van der Waals surface area contributed by atoms with Gasteiger partial charge in [-0.1, -0.05) is 13.3 Å². The van der Waals surface area contributed by atoms with Crippen molar-refractivity contribution < 1.29 is 19.4 Å². The topological polar surface area (TPSA) is 55.8 Å². The Labute approximate surface area is 90.6 Å². The normalized spacial score (nSPS) is 25.7. The molecule has 1 rings (SSSR count). The van der Waals surface area contributed by atoms with Gasteiger partial charge >= 0.3 is 5.97 Å². The molecule has 0 aromatic carbocycles. The Kier molecular flexibility index (Phi) is 5.05. The second kappa shape index (κ2) is 6.08. The fourth-order valence-corrected chi connectivity index (χ4v) is 1.70. The summed E-state index contributed by atoms with van der Waals surface area (Å²) in [5.74, 6) is -0.751. The van der Waals surface area contributed by atoms with Gasteiger partial charge in [0.25, 0.3) is 0 Å². The maximum absolute atomic E-state index is 11.1. The van der Waals surface area contributed by atoms with Gasteiger partial charge in [-0.15, -0.1) is 0 Å². The van der Waals surface area contributed by atoms with Crippen molar-refractivity contribution in [3.63, 3.8) is 0 Å². The van der Waals surface area contributed by atoms with Crippen LogP contribution in [0.1, 0.15) is 32.6 Å². The quantitative estimate of drug-likeness (QED) is 0.658. The van der Waals surface area contributed by atoms with Crippen LogP contribution in [0, 0.1) is 5.41 Å². The highest BCUT2D eigenvalue weighted by atomic mass is 16.5. The number of hydrogen-bond donors (Lipinski definition) is 1. The standard InChI is InChI=1S/C11H20O4/c1-2-3-6-14-7-4-11(10(12)13)5-8-15-9-11/h2-9H2,1H3,(H,12,13). The average molecular weight is 216 g/mol. The first-order valence-electron chi connectivity index (χ1n) is 5.60. The van der Waals surface area contributed by atoms with E-state index in [9.17, 15) is 4.79 Å². The van der Waals surface area contributed by atoms with Gasteiger partial charge in [0.2, 0.25) is 0 Å². The number of ether oxygens (including phenoxy) is 2. The van der Waals surface area contributed by atoms with Gasteiger partial charge in [-0.25, -0.2) is 0 Å². The summed E-state index contributed by atoms with van der Waals surface area (Å²) in [5.41, 5.74) is -0.688. The van der Waals surface area contributed by atoms with E-state index in [0.29, 0.717) is 32.7 Å². The van der Waals surface area contributed by atoms with Crippen molar-refractivity contribution in [3.8, 4) is 0 Å². The zero-order valence-corrected chi connectivity index (χ0v) is 9.33. The van der Waals surface area contributed by atoms with Crippen LogP contribution in [0.4, 0.5) is 0 Å². The van der Waals surface area contributed by atoms with Crippen LogP contribution in [0.15, 0.2) is 0 Å². The average Bonchev–Trinajstić information content (AvgIpc) is 2.67. The van der Waals surface area contributed by atoms with Gasteiger partial charge in [0.15, 0.2) is 0 Å². The minimum atomic E-state index is -0.751. The molecule has 15 heavy (non-hydrogen) atoms. The van der Waals surface area contributed by atoms with Crippen LogP contribution in [0.5, 0.6) is 0 Å². The number of aliphatic carboxylic acids is 1. The number of carboxylic acid groups (broad SMARTS) is 1. The summed E-state index contributed by atoms with van der Waals surface area (Å²) in [6.07, 6.45) is 3.31. The summed E-state index contributed by atoms with van der Waals surface area (Å²) in [6, 6.07) is 0.